The first kappa shape index (κ1) is 17.2. The highest BCUT2D eigenvalue weighted by atomic mass is 16.4. The molecule has 1 heterocycles. The molecule has 1 aromatic carbocycles. The summed E-state index contributed by atoms with van der Waals surface area (Å²) in [4.78, 5) is 23.5. The second-order valence-corrected chi connectivity index (χ2v) is 6.59. The minimum absolute atomic E-state index is 0.303. The lowest BCUT2D eigenvalue weighted by Gasteiger charge is -2.17. The van der Waals surface area contributed by atoms with Crippen molar-refractivity contribution in [1.82, 2.24) is 15.1 Å². The van der Waals surface area contributed by atoms with Crippen LogP contribution in [0.15, 0.2) is 24.3 Å². The second kappa shape index (κ2) is 6.33. The van der Waals surface area contributed by atoms with Gasteiger partial charge in [0.25, 0.3) is 5.91 Å². The molecule has 0 spiro atoms. The number of amides is 1. The van der Waals surface area contributed by atoms with Crippen molar-refractivity contribution in [1.29, 1.82) is 0 Å². The first-order chi connectivity index (χ1) is 11.8. The van der Waals surface area contributed by atoms with Gasteiger partial charge >= 0.3 is 5.97 Å². The third kappa shape index (κ3) is 3.15. The molecule has 25 heavy (non-hydrogen) atoms. The lowest BCUT2D eigenvalue weighted by Crippen LogP contribution is -2.46. The normalized spacial score (nSPS) is 15.5. The summed E-state index contributed by atoms with van der Waals surface area (Å²) in [5, 5.41) is 25.7. The third-order valence-corrected chi connectivity index (χ3v) is 4.54. The first-order valence-electron chi connectivity index (χ1n) is 8.22. The number of para-hydroxylation sites is 1. The maximum absolute atomic E-state index is 12.5. The maximum atomic E-state index is 12.5. The van der Waals surface area contributed by atoms with E-state index in [-0.39, 0.29) is 6.54 Å². The molecule has 0 saturated carbocycles. The number of hydrogen-bond donors (Lipinski definition) is 3. The fraction of sp³-hybridized carbons (Fsp3) is 0.389. The van der Waals surface area contributed by atoms with Gasteiger partial charge in [0, 0.05) is 11.3 Å². The Kier molecular flexibility index (Phi) is 4.34. The van der Waals surface area contributed by atoms with E-state index in [4.69, 9.17) is 5.11 Å². The van der Waals surface area contributed by atoms with Gasteiger partial charge in [0.1, 0.15) is 0 Å². The van der Waals surface area contributed by atoms with Gasteiger partial charge in [0.15, 0.2) is 11.3 Å². The van der Waals surface area contributed by atoms with Crippen LogP contribution in [0.3, 0.4) is 0 Å². The molecule has 0 bridgehead atoms. The second-order valence-electron chi connectivity index (χ2n) is 6.59. The van der Waals surface area contributed by atoms with Gasteiger partial charge in [0.05, 0.1) is 12.2 Å². The molecule has 3 N–H and O–H groups in total. The van der Waals surface area contributed by atoms with Crippen LogP contribution in [0.2, 0.25) is 0 Å². The van der Waals surface area contributed by atoms with Crippen LogP contribution in [-0.2, 0) is 17.6 Å². The lowest BCUT2D eigenvalue weighted by atomic mass is 10.1. The largest absolute Gasteiger partial charge is 0.479 e. The fourth-order valence-electron chi connectivity index (χ4n) is 3.03. The Hall–Kier alpha value is -2.67. The molecule has 1 aromatic heterocycles. The predicted octanol–water partition coefficient (Wildman–Crippen LogP) is 1.23. The summed E-state index contributed by atoms with van der Waals surface area (Å²) in [6.07, 6.45) is 2.56. The highest BCUT2D eigenvalue weighted by molar-refractivity contribution is 5.94. The molecule has 1 amide bonds. The average molecular weight is 343 g/mol. The Bertz CT molecular complexity index is 839. The number of aliphatic carboxylic acids is 1. The molecule has 0 radical (unpaired) electrons. The molecule has 2 aromatic rings. The van der Waals surface area contributed by atoms with Crippen LogP contribution < -0.4 is 5.32 Å². The Morgan fingerprint density at radius 1 is 1.32 bits per heavy atom. The van der Waals surface area contributed by atoms with Gasteiger partial charge in [-0.2, -0.15) is 5.10 Å². The van der Waals surface area contributed by atoms with Gasteiger partial charge < -0.3 is 15.5 Å². The van der Waals surface area contributed by atoms with E-state index in [0.29, 0.717) is 5.69 Å². The number of fused-ring (bicyclic) bond motifs is 1. The quantitative estimate of drug-likeness (QED) is 0.757. The topological polar surface area (TPSA) is 104 Å². The number of aromatic nitrogens is 2. The van der Waals surface area contributed by atoms with Gasteiger partial charge in [-0.15, -0.1) is 0 Å². The number of hydrogen-bond acceptors (Lipinski definition) is 4. The Morgan fingerprint density at radius 3 is 2.72 bits per heavy atom. The van der Waals surface area contributed by atoms with Crippen molar-refractivity contribution >= 4 is 11.9 Å². The van der Waals surface area contributed by atoms with Gasteiger partial charge in [-0.3, -0.25) is 4.79 Å². The summed E-state index contributed by atoms with van der Waals surface area (Å²) in [5.74, 6) is -1.85. The van der Waals surface area contributed by atoms with E-state index in [1.54, 1.807) is 0 Å². The zero-order valence-electron chi connectivity index (χ0n) is 14.2. The highest BCUT2D eigenvalue weighted by Gasteiger charge is 2.32. The van der Waals surface area contributed by atoms with Crippen LogP contribution in [0.1, 0.15) is 40.7 Å². The number of nitrogens with zero attached hydrogens (tertiary/aromatic N) is 2. The van der Waals surface area contributed by atoms with Gasteiger partial charge in [-0.25, -0.2) is 9.48 Å². The van der Waals surface area contributed by atoms with Crippen molar-refractivity contribution in [2.24, 2.45) is 0 Å². The van der Waals surface area contributed by atoms with E-state index in [1.165, 1.54) is 0 Å². The number of aryl methyl sites for hydroxylation is 1. The Labute approximate surface area is 145 Å². The van der Waals surface area contributed by atoms with E-state index in [1.807, 2.05) is 35.9 Å². The smallest absolute Gasteiger partial charge is 0.337 e. The van der Waals surface area contributed by atoms with Crippen molar-refractivity contribution in [3.63, 3.8) is 0 Å². The zero-order chi connectivity index (χ0) is 18.2. The molecule has 1 atom stereocenters. The van der Waals surface area contributed by atoms with Crippen LogP contribution in [0.25, 0.3) is 5.69 Å². The van der Waals surface area contributed by atoms with E-state index < -0.39 is 17.5 Å². The maximum Gasteiger partial charge on any atom is 0.337 e. The number of carboxylic acid groups (broad SMARTS) is 1. The van der Waals surface area contributed by atoms with Crippen molar-refractivity contribution in [2.45, 2.75) is 38.7 Å². The molecular formula is C18H21N3O4. The van der Waals surface area contributed by atoms with Crippen molar-refractivity contribution < 1.29 is 19.8 Å². The monoisotopic (exact) mass is 343 g/mol. The summed E-state index contributed by atoms with van der Waals surface area (Å²) in [5.41, 5.74) is 2.19. The van der Waals surface area contributed by atoms with Gasteiger partial charge in [0.2, 0.25) is 0 Å². The number of carbonyl (C=O) groups excluding carboxylic acids is 1. The number of nitrogens with one attached hydrogen (secondary N) is 1. The van der Waals surface area contributed by atoms with E-state index in [0.717, 1.165) is 48.7 Å². The standard InChI is InChI=1S/C18H21N3O4/c1-11-6-3-4-8-13(11)21-14-9-5-7-12(14)15(20-21)16(22)19-10-18(2,25)17(23)24/h3-4,6,8,25H,5,7,9-10H2,1-2H3,(H,19,22)(H,23,24). The van der Waals surface area contributed by atoms with E-state index in [9.17, 15) is 14.7 Å². The van der Waals surface area contributed by atoms with Crippen molar-refractivity contribution in [2.75, 3.05) is 6.54 Å². The Balaban J connectivity index is 1.91. The van der Waals surface area contributed by atoms with E-state index >= 15 is 0 Å². The summed E-state index contributed by atoms with van der Waals surface area (Å²) >= 11 is 0. The highest BCUT2D eigenvalue weighted by Crippen LogP contribution is 2.28. The number of rotatable bonds is 5. The molecule has 1 unspecified atom stereocenters. The van der Waals surface area contributed by atoms with Crippen LogP contribution in [0, 0.1) is 6.92 Å². The fourth-order valence-corrected chi connectivity index (χ4v) is 3.03. The lowest BCUT2D eigenvalue weighted by molar-refractivity contribution is -0.155. The summed E-state index contributed by atoms with van der Waals surface area (Å²) in [7, 11) is 0. The molecule has 0 saturated heterocycles. The van der Waals surface area contributed by atoms with Crippen LogP contribution >= 0.6 is 0 Å². The first-order valence-corrected chi connectivity index (χ1v) is 8.22. The third-order valence-electron chi connectivity index (χ3n) is 4.54. The van der Waals surface area contributed by atoms with Crippen molar-refractivity contribution in [3.8, 4) is 5.69 Å². The molecule has 1 aliphatic rings. The molecule has 7 heteroatoms. The van der Waals surface area contributed by atoms with Crippen LogP contribution in [-0.4, -0.2) is 44.0 Å². The molecular weight excluding hydrogens is 322 g/mol. The number of benzene rings is 1. The van der Waals surface area contributed by atoms with Crippen LogP contribution in [0.4, 0.5) is 0 Å². The molecule has 0 fully saturated rings. The van der Waals surface area contributed by atoms with Gasteiger partial charge in [-0.1, -0.05) is 18.2 Å². The molecule has 132 valence electrons. The molecule has 0 aliphatic heterocycles. The molecule has 1 aliphatic carbocycles. The molecule has 3 rings (SSSR count). The Morgan fingerprint density at radius 2 is 2.04 bits per heavy atom. The summed E-state index contributed by atoms with van der Waals surface area (Å²) < 4.78 is 1.81. The van der Waals surface area contributed by atoms with Gasteiger partial charge in [-0.05, 0) is 44.7 Å². The zero-order valence-corrected chi connectivity index (χ0v) is 14.2. The number of carbonyl (C=O) groups is 2. The summed E-state index contributed by atoms with van der Waals surface area (Å²) in [6.45, 7) is 2.75. The van der Waals surface area contributed by atoms with Crippen LogP contribution in [0.5, 0.6) is 0 Å². The SMILES string of the molecule is Cc1ccccc1-n1nc(C(=O)NCC(C)(O)C(=O)O)c2c1CCC2. The number of aliphatic hydroxyl groups is 1. The number of carboxylic acids is 1. The predicted molar refractivity (Wildman–Crippen MR) is 90.9 cm³/mol. The minimum Gasteiger partial charge on any atom is -0.479 e. The summed E-state index contributed by atoms with van der Waals surface area (Å²) in [6, 6.07) is 7.82. The van der Waals surface area contributed by atoms with Crippen molar-refractivity contribution in [3.05, 3.63) is 46.8 Å². The minimum atomic E-state index is -2.02. The van der Waals surface area contributed by atoms with E-state index in [2.05, 4.69) is 10.4 Å². The average Bonchev–Trinajstić information content (AvgIpc) is 3.15. The molecule has 7 nitrogen and oxygen atoms in total.